The van der Waals surface area contributed by atoms with Crippen LogP contribution in [0.15, 0.2) is 28.7 Å². The van der Waals surface area contributed by atoms with Gasteiger partial charge in [-0.25, -0.2) is 24.2 Å². The van der Waals surface area contributed by atoms with Gasteiger partial charge >= 0.3 is 23.9 Å². The molecule has 0 unspecified atom stereocenters. The molecule has 0 saturated carbocycles. The van der Waals surface area contributed by atoms with E-state index in [1.54, 1.807) is 0 Å². The summed E-state index contributed by atoms with van der Waals surface area (Å²) in [5.41, 5.74) is 0. The average Bonchev–Trinajstić information content (AvgIpc) is 3.37. The molecule has 0 fully saturated rings. The SMILES string of the molecule is O=C(O)CCCCCCCCC/C=C/CCCCCCCCCC(=O)OOC(=O)c1ccc(C(=O)O)o1. The first-order valence-corrected chi connectivity index (χ1v) is 13.5. The molecule has 0 aromatic carbocycles. The van der Waals surface area contributed by atoms with Crippen LogP contribution in [0.25, 0.3) is 0 Å². The topological polar surface area (TPSA) is 140 Å². The third-order valence-corrected chi connectivity index (χ3v) is 5.91. The predicted octanol–water partition coefficient (Wildman–Crippen LogP) is 7.26. The van der Waals surface area contributed by atoms with E-state index >= 15 is 0 Å². The number of unbranched alkanes of at least 4 members (excludes halogenated alkanes) is 14. The van der Waals surface area contributed by atoms with E-state index in [0.29, 0.717) is 12.8 Å². The molecule has 208 valence electrons. The second-order valence-electron chi connectivity index (χ2n) is 9.19. The molecule has 0 amide bonds. The maximum absolute atomic E-state index is 11.6. The molecule has 0 aliphatic rings. The fraction of sp³-hybridized carbons (Fsp3) is 0.643. The van der Waals surface area contributed by atoms with Gasteiger partial charge in [-0.1, -0.05) is 76.4 Å². The van der Waals surface area contributed by atoms with Gasteiger partial charge in [0.1, 0.15) is 0 Å². The number of carboxylic acids is 2. The molecule has 0 aliphatic heterocycles. The van der Waals surface area contributed by atoms with Crippen molar-refractivity contribution < 1.29 is 43.6 Å². The molecule has 9 heteroatoms. The van der Waals surface area contributed by atoms with Crippen molar-refractivity contribution >= 4 is 23.9 Å². The monoisotopic (exact) mass is 522 g/mol. The second-order valence-corrected chi connectivity index (χ2v) is 9.19. The largest absolute Gasteiger partial charge is 0.481 e. The summed E-state index contributed by atoms with van der Waals surface area (Å²) in [5, 5.41) is 17.3. The molecule has 37 heavy (non-hydrogen) atoms. The fourth-order valence-electron chi connectivity index (χ4n) is 3.80. The van der Waals surface area contributed by atoms with Gasteiger partial charge in [0.05, 0.1) is 6.42 Å². The number of aromatic carboxylic acids is 1. The summed E-state index contributed by atoms with van der Waals surface area (Å²) in [4.78, 5) is 53.3. The van der Waals surface area contributed by atoms with Gasteiger partial charge in [-0.2, -0.15) is 0 Å². The minimum atomic E-state index is -1.31. The zero-order chi connectivity index (χ0) is 27.1. The molecule has 2 N–H and O–H groups in total. The van der Waals surface area contributed by atoms with Crippen molar-refractivity contribution in [1.82, 2.24) is 0 Å². The van der Waals surface area contributed by atoms with E-state index in [2.05, 4.69) is 21.9 Å². The van der Waals surface area contributed by atoms with Crippen LogP contribution in [0.3, 0.4) is 0 Å². The lowest BCUT2D eigenvalue weighted by Crippen LogP contribution is -2.11. The molecular weight excluding hydrogens is 480 g/mol. The number of carbonyl (C=O) groups is 4. The number of carboxylic acid groups (broad SMARTS) is 2. The number of rotatable bonds is 22. The second kappa shape index (κ2) is 21.0. The van der Waals surface area contributed by atoms with Crippen LogP contribution in [0.5, 0.6) is 0 Å². The van der Waals surface area contributed by atoms with E-state index < -0.39 is 29.6 Å². The normalized spacial score (nSPS) is 11.0. The Morgan fingerprint density at radius 3 is 1.57 bits per heavy atom. The molecular formula is C28H42O9. The number of aliphatic carboxylic acids is 1. The average molecular weight is 523 g/mol. The van der Waals surface area contributed by atoms with Gasteiger partial charge < -0.3 is 14.6 Å². The van der Waals surface area contributed by atoms with E-state index in [0.717, 1.165) is 63.5 Å². The van der Waals surface area contributed by atoms with Crippen LogP contribution in [0, 0.1) is 0 Å². The van der Waals surface area contributed by atoms with E-state index in [1.165, 1.54) is 44.9 Å². The number of furan rings is 1. The van der Waals surface area contributed by atoms with Crippen molar-refractivity contribution in [3.8, 4) is 0 Å². The van der Waals surface area contributed by atoms with Crippen LogP contribution in [-0.2, 0) is 19.4 Å². The number of carbonyl (C=O) groups excluding carboxylic acids is 2. The van der Waals surface area contributed by atoms with Gasteiger partial charge in [-0.05, 0) is 50.7 Å². The van der Waals surface area contributed by atoms with E-state index in [4.69, 9.17) is 14.6 Å². The summed E-state index contributed by atoms with van der Waals surface area (Å²) in [6, 6.07) is 2.25. The highest BCUT2D eigenvalue weighted by atomic mass is 17.2. The highest BCUT2D eigenvalue weighted by Gasteiger charge is 2.18. The lowest BCUT2D eigenvalue weighted by atomic mass is 10.1. The molecule has 0 saturated heterocycles. The molecule has 9 nitrogen and oxygen atoms in total. The van der Waals surface area contributed by atoms with Gasteiger partial charge in [0.25, 0.3) is 0 Å². The van der Waals surface area contributed by atoms with Crippen LogP contribution in [-0.4, -0.2) is 34.1 Å². The summed E-state index contributed by atoms with van der Waals surface area (Å²) in [5.74, 6) is -4.48. The fourth-order valence-corrected chi connectivity index (χ4v) is 3.80. The summed E-state index contributed by atoms with van der Waals surface area (Å²) in [6.45, 7) is 0. The first kappa shape index (κ1) is 31.9. The van der Waals surface area contributed by atoms with Gasteiger partial charge in [0, 0.05) is 6.42 Å². The Hall–Kier alpha value is -3.10. The van der Waals surface area contributed by atoms with Crippen molar-refractivity contribution in [1.29, 1.82) is 0 Å². The van der Waals surface area contributed by atoms with Crippen LogP contribution < -0.4 is 0 Å². The van der Waals surface area contributed by atoms with Gasteiger partial charge in [0.2, 0.25) is 11.5 Å². The van der Waals surface area contributed by atoms with E-state index in [9.17, 15) is 19.2 Å². The van der Waals surface area contributed by atoms with Gasteiger partial charge in [-0.15, -0.1) is 0 Å². The summed E-state index contributed by atoms with van der Waals surface area (Å²) < 4.78 is 4.77. The molecule has 0 bridgehead atoms. The lowest BCUT2D eigenvalue weighted by Gasteiger charge is -2.03. The van der Waals surface area contributed by atoms with Gasteiger partial charge in [-0.3, -0.25) is 4.79 Å². The lowest BCUT2D eigenvalue weighted by molar-refractivity contribution is -0.234. The Balaban J connectivity index is 1.84. The first-order chi connectivity index (χ1) is 17.9. The van der Waals surface area contributed by atoms with Gasteiger partial charge in [0.15, 0.2) is 0 Å². The molecule has 0 aliphatic carbocycles. The molecule has 0 atom stereocenters. The molecule has 1 heterocycles. The number of hydrogen-bond acceptors (Lipinski definition) is 7. The van der Waals surface area contributed by atoms with Crippen LogP contribution in [0.4, 0.5) is 0 Å². The first-order valence-electron chi connectivity index (χ1n) is 13.5. The Kier molecular flexibility index (Phi) is 18.1. The Morgan fingerprint density at radius 1 is 0.622 bits per heavy atom. The predicted molar refractivity (Wildman–Crippen MR) is 137 cm³/mol. The molecule has 1 aromatic heterocycles. The minimum Gasteiger partial charge on any atom is -0.481 e. The molecule has 0 radical (unpaired) electrons. The summed E-state index contributed by atoms with van der Waals surface area (Å²) in [7, 11) is 0. The maximum atomic E-state index is 11.6. The zero-order valence-electron chi connectivity index (χ0n) is 21.8. The van der Waals surface area contributed by atoms with Crippen molar-refractivity contribution in [2.75, 3.05) is 0 Å². The third kappa shape index (κ3) is 17.9. The Labute approximate surface area is 219 Å². The maximum Gasteiger partial charge on any atom is 0.421 e. The highest BCUT2D eigenvalue weighted by Crippen LogP contribution is 2.13. The summed E-state index contributed by atoms with van der Waals surface area (Å²) >= 11 is 0. The third-order valence-electron chi connectivity index (χ3n) is 5.91. The highest BCUT2D eigenvalue weighted by molar-refractivity contribution is 5.90. The van der Waals surface area contributed by atoms with E-state index in [-0.39, 0.29) is 12.2 Å². The molecule has 0 spiro atoms. The number of hydrogen-bond donors (Lipinski definition) is 2. The Bertz CT molecular complexity index is 825. The standard InChI is InChI=1S/C28H42O9/c29-25(30)19-17-15-13-11-9-7-5-3-1-2-4-6-8-10-12-14-16-18-20-26(31)36-37-28(34)24-22-21-23(35-24)27(32)33/h1-2,21-22H,3-20H2,(H,29,30)(H,32,33)/b2-1+. The quantitative estimate of drug-likeness (QED) is 0.0696. The molecule has 1 aromatic rings. The van der Waals surface area contributed by atoms with Crippen LogP contribution in [0.2, 0.25) is 0 Å². The van der Waals surface area contributed by atoms with Crippen molar-refractivity contribution in [2.24, 2.45) is 0 Å². The smallest absolute Gasteiger partial charge is 0.421 e. The zero-order valence-corrected chi connectivity index (χ0v) is 21.8. The van der Waals surface area contributed by atoms with Crippen LogP contribution in [0.1, 0.15) is 137 Å². The van der Waals surface area contributed by atoms with Crippen molar-refractivity contribution in [3.63, 3.8) is 0 Å². The van der Waals surface area contributed by atoms with Crippen molar-refractivity contribution in [2.45, 2.75) is 116 Å². The Morgan fingerprint density at radius 2 is 1.08 bits per heavy atom. The number of allylic oxidation sites excluding steroid dienone is 2. The minimum absolute atomic E-state index is 0.142. The van der Waals surface area contributed by atoms with Crippen LogP contribution >= 0.6 is 0 Å². The molecule has 1 rings (SSSR count). The summed E-state index contributed by atoms with van der Waals surface area (Å²) in [6.07, 6.45) is 22.4. The van der Waals surface area contributed by atoms with E-state index in [1.807, 2.05) is 0 Å². The van der Waals surface area contributed by atoms with Crippen molar-refractivity contribution in [3.05, 3.63) is 35.8 Å².